The Labute approximate surface area is 106 Å². The van der Waals surface area contributed by atoms with Gasteiger partial charge >= 0.3 is 0 Å². The van der Waals surface area contributed by atoms with Crippen LogP contribution in [-0.4, -0.2) is 24.9 Å². The molecule has 0 aromatic heterocycles. The minimum absolute atomic E-state index is 0.00185. The molecule has 0 aliphatic heterocycles. The predicted molar refractivity (Wildman–Crippen MR) is 71.3 cm³/mol. The van der Waals surface area contributed by atoms with Crippen LogP contribution in [-0.2, 0) is 6.42 Å². The molecule has 0 aliphatic carbocycles. The highest BCUT2D eigenvalue weighted by atomic mass is 16.2. The SMILES string of the molecule is CN(C)C(=O)c1ccc2cc(CC#N)ccc2c1. The molecule has 2 aromatic carbocycles. The highest BCUT2D eigenvalue weighted by molar-refractivity contribution is 5.98. The van der Waals surface area contributed by atoms with Crippen LogP contribution in [0.3, 0.4) is 0 Å². The van der Waals surface area contributed by atoms with E-state index in [1.807, 2.05) is 36.4 Å². The summed E-state index contributed by atoms with van der Waals surface area (Å²) < 4.78 is 0. The molecule has 0 atom stereocenters. The molecule has 0 heterocycles. The lowest BCUT2D eigenvalue weighted by atomic mass is 10.0. The van der Waals surface area contributed by atoms with Crippen molar-refractivity contribution in [3.05, 3.63) is 47.5 Å². The molecule has 0 unspecified atom stereocenters. The fourth-order valence-corrected chi connectivity index (χ4v) is 1.89. The van der Waals surface area contributed by atoms with Crippen molar-refractivity contribution in [2.24, 2.45) is 0 Å². The normalized spacial score (nSPS) is 10.1. The van der Waals surface area contributed by atoms with Gasteiger partial charge in [0.15, 0.2) is 0 Å². The first kappa shape index (κ1) is 12.1. The second kappa shape index (κ2) is 4.89. The third-order valence-corrected chi connectivity index (χ3v) is 2.84. The van der Waals surface area contributed by atoms with Gasteiger partial charge in [0.25, 0.3) is 5.91 Å². The molecule has 0 radical (unpaired) electrons. The van der Waals surface area contributed by atoms with Gasteiger partial charge in [0, 0.05) is 19.7 Å². The highest BCUT2D eigenvalue weighted by Crippen LogP contribution is 2.19. The number of hydrogen-bond donors (Lipinski definition) is 0. The van der Waals surface area contributed by atoms with Crippen molar-refractivity contribution in [1.29, 1.82) is 5.26 Å². The molecule has 0 bridgehead atoms. The molecule has 0 spiro atoms. The number of nitrogens with zero attached hydrogens (tertiary/aromatic N) is 2. The van der Waals surface area contributed by atoms with E-state index in [1.165, 1.54) is 0 Å². The molecule has 0 fully saturated rings. The molecule has 18 heavy (non-hydrogen) atoms. The van der Waals surface area contributed by atoms with Crippen molar-refractivity contribution < 1.29 is 4.79 Å². The van der Waals surface area contributed by atoms with Gasteiger partial charge in [0.1, 0.15) is 0 Å². The van der Waals surface area contributed by atoms with Gasteiger partial charge in [-0.1, -0.05) is 24.3 Å². The van der Waals surface area contributed by atoms with Gasteiger partial charge in [-0.05, 0) is 28.5 Å². The summed E-state index contributed by atoms with van der Waals surface area (Å²) in [7, 11) is 3.48. The van der Waals surface area contributed by atoms with Crippen LogP contribution in [0.1, 0.15) is 15.9 Å². The van der Waals surface area contributed by atoms with E-state index in [-0.39, 0.29) is 5.91 Å². The quantitative estimate of drug-likeness (QED) is 0.807. The maximum atomic E-state index is 11.8. The Hall–Kier alpha value is -2.34. The van der Waals surface area contributed by atoms with Gasteiger partial charge in [-0.3, -0.25) is 4.79 Å². The summed E-state index contributed by atoms with van der Waals surface area (Å²) in [6.07, 6.45) is 0.411. The number of hydrogen-bond acceptors (Lipinski definition) is 2. The summed E-state index contributed by atoms with van der Waals surface area (Å²) in [6.45, 7) is 0. The Morgan fingerprint density at radius 1 is 1.17 bits per heavy atom. The fourth-order valence-electron chi connectivity index (χ4n) is 1.89. The predicted octanol–water partition coefficient (Wildman–Crippen LogP) is 2.61. The maximum absolute atomic E-state index is 11.8. The summed E-state index contributed by atoms with van der Waals surface area (Å²) in [6, 6.07) is 13.6. The molecule has 0 saturated heterocycles. The van der Waals surface area contributed by atoms with Crippen LogP contribution in [0, 0.1) is 11.3 Å². The zero-order valence-electron chi connectivity index (χ0n) is 10.5. The molecule has 0 aliphatic rings. The standard InChI is InChI=1S/C15H14N2O/c1-17(2)15(18)14-6-5-12-9-11(7-8-16)3-4-13(12)10-14/h3-6,9-10H,7H2,1-2H3. The van der Waals surface area contributed by atoms with Gasteiger partial charge in [-0.2, -0.15) is 5.26 Å². The first-order valence-corrected chi connectivity index (χ1v) is 5.73. The van der Waals surface area contributed by atoms with Crippen LogP contribution in [0.2, 0.25) is 0 Å². The lowest BCUT2D eigenvalue weighted by Gasteiger charge is -2.10. The van der Waals surface area contributed by atoms with Gasteiger partial charge < -0.3 is 4.90 Å². The Morgan fingerprint density at radius 2 is 1.83 bits per heavy atom. The topological polar surface area (TPSA) is 44.1 Å². The van der Waals surface area contributed by atoms with Gasteiger partial charge in [0.05, 0.1) is 12.5 Å². The summed E-state index contributed by atoms with van der Waals surface area (Å²) in [5.74, 6) is -0.00185. The third-order valence-electron chi connectivity index (χ3n) is 2.84. The highest BCUT2D eigenvalue weighted by Gasteiger charge is 2.08. The second-order valence-electron chi connectivity index (χ2n) is 4.43. The van der Waals surface area contributed by atoms with Crippen molar-refractivity contribution in [3.8, 4) is 6.07 Å². The smallest absolute Gasteiger partial charge is 0.253 e. The number of fused-ring (bicyclic) bond motifs is 1. The number of benzene rings is 2. The second-order valence-corrected chi connectivity index (χ2v) is 4.43. The van der Waals surface area contributed by atoms with Crippen LogP contribution >= 0.6 is 0 Å². The molecule has 2 aromatic rings. The van der Waals surface area contributed by atoms with Crippen molar-refractivity contribution in [2.45, 2.75) is 6.42 Å². The summed E-state index contributed by atoms with van der Waals surface area (Å²) in [4.78, 5) is 13.4. The summed E-state index contributed by atoms with van der Waals surface area (Å²) in [5, 5.41) is 10.7. The molecule has 0 N–H and O–H groups in total. The average molecular weight is 238 g/mol. The first-order valence-electron chi connectivity index (χ1n) is 5.73. The van der Waals surface area contributed by atoms with Gasteiger partial charge in [-0.25, -0.2) is 0 Å². The Morgan fingerprint density at radius 3 is 2.50 bits per heavy atom. The van der Waals surface area contributed by atoms with Gasteiger partial charge in [0.2, 0.25) is 0 Å². The Bertz CT molecular complexity index is 638. The number of rotatable bonds is 2. The lowest BCUT2D eigenvalue weighted by Crippen LogP contribution is -2.21. The molecule has 2 rings (SSSR count). The van der Waals surface area contributed by atoms with E-state index in [4.69, 9.17) is 5.26 Å². The first-order chi connectivity index (χ1) is 8.61. The Kier molecular flexibility index (Phi) is 3.29. The molecular formula is C15H14N2O. The van der Waals surface area contributed by atoms with Crippen molar-refractivity contribution in [2.75, 3.05) is 14.1 Å². The molecule has 0 saturated carbocycles. The minimum atomic E-state index is -0.00185. The van der Waals surface area contributed by atoms with Crippen molar-refractivity contribution >= 4 is 16.7 Å². The van der Waals surface area contributed by atoms with Crippen LogP contribution in [0.25, 0.3) is 10.8 Å². The average Bonchev–Trinajstić information content (AvgIpc) is 2.37. The Balaban J connectivity index is 2.45. The van der Waals surface area contributed by atoms with E-state index in [0.717, 1.165) is 16.3 Å². The van der Waals surface area contributed by atoms with Crippen LogP contribution < -0.4 is 0 Å². The summed E-state index contributed by atoms with van der Waals surface area (Å²) in [5.41, 5.74) is 1.68. The monoisotopic (exact) mass is 238 g/mol. The zero-order chi connectivity index (χ0) is 13.1. The molecule has 3 heteroatoms. The zero-order valence-corrected chi connectivity index (χ0v) is 10.5. The number of carbonyl (C=O) groups is 1. The van der Waals surface area contributed by atoms with Crippen molar-refractivity contribution in [1.82, 2.24) is 4.90 Å². The molecule has 3 nitrogen and oxygen atoms in total. The maximum Gasteiger partial charge on any atom is 0.253 e. The number of carbonyl (C=O) groups excluding carboxylic acids is 1. The number of amides is 1. The fraction of sp³-hybridized carbons (Fsp3) is 0.200. The van der Waals surface area contributed by atoms with Crippen molar-refractivity contribution in [3.63, 3.8) is 0 Å². The van der Waals surface area contributed by atoms with Crippen LogP contribution in [0.5, 0.6) is 0 Å². The van der Waals surface area contributed by atoms with E-state index in [9.17, 15) is 4.79 Å². The van der Waals surface area contributed by atoms with E-state index in [0.29, 0.717) is 12.0 Å². The molecular weight excluding hydrogens is 224 g/mol. The summed E-state index contributed by atoms with van der Waals surface area (Å²) >= 11 is 0. The van der Waals surface area contributed by atoms with Crippen LogP contribution in [0.4, 0.5) is 0 Å². The molecule has 1 amide bonds. The lowest BCUT2D eigenvalue weighted by molar-refractivity contribution is 0.0828. The van der Waals surface area contributed by atoms with E-state index in [1.54, 1.807) is 19.0 Å². The number of nitriles is 1. The van der Waals surface area contributed by atoms with E-state index < -0.39 is 0 Å². The largest absolute Gasteiger partial charge is 0.345 e. The minimum Gasteiger partial charge on any atom is -0.345 e. The van der Waals surface area contributed by atoms with Gasteiger partial charge in [-0.15, -0.1) is 0 Å². The third kappa shape index (κ3) is 2.33. The van der Waals surface area contributed by atoms with E-state index >= 15 is 0 Å². The van der Waals surface area contributed by atoms with Crippen LogP contribution in [0.15, 0.2) is 36.4 Å². The molecule has 90 valence electrons. The van der Waals surface area contributed by atoms with E-state index in [2.05, 4.69) is 6.07 Å².